The van der Waals surface area contributed by atoms with Crippen LogP contribution in [0.25, 0.3) is 11.1 Å². The molecule has 2 aromatic carbocycles. The van der Waals surface area contributed by atoms with Crippen molar-refractivity contribution in [2.24, 2.45) is 7.05 Å². The maximum absolute atomic E-state index is 12.1. The fourth-order valence-corrected chi connectivity index (χ4v) is 2.34. The SMILES string of the molecule is Cn1c(=O)oc2cc(C(=O)NCCc3ccccc3)ccc21. The molecule has 0 radical (unpaired) electrons. The number of aromatic nitrogens is 1. The van der Waals surface area contributed by atoms with Gasteiger partial charge in [0.2, 0.25) is 0 Å². The lowest BCUT2D eigenvalue weighted by atomic mass is 10.1. The first-order valence-electron chi connectivity index (χ1n) is 7.07. The molecule has 3 aromatic rings. The van der Waals surface area contributed by atoms with Gasteiger partial charge in [0.15, 0.2) is 5.58 Å². The van der Waals surface area contributed by atoms with Crippen LogP contribution in [0.5, 0.6) is 0 Å². The van der Waals surface area contributed by atoms with Crippen molar-refractivity contribution < 1.29 is 9.21 Å². The van der Waals surface area contributed by atoms with Gasteiger partial charge in [0.1, 0.15) is 0 Å². The average Bonchev–Trinajstić information content (AvgIpc) is 2.82. The Hall–Kier alpha value is -2.82. The van der Waals surface area contributed by atoms with Crippen LogP contribution in [0.4, 0.5) is 0 Å². The van der Waals surface area contributed by atoms with Crippen molar-refractivity contribution in [2.45, 2.75) is 6.42 Å². The maximum atomic E-state index is 12.1. The number of rotatable bonds is 4. The van der Waals surface area contributed by atoms with Crippen molar-refractivity contribution in [3.8, 4) is 0 Å². The summed E-state index contributed by atoms with van der Waals surface area (Å²) in [6, 6.07) is 15.0. The highest BCUT2D eigenvalue weighted by Gasteiger charge is 2.10. The molecule has 22 heavy (non-hydrogen) atoms. The molecule has 0 saturated heterocycles. The summed E-state index contributed by atoms with van der Waals surface area (Å²) in [6.45, 7) is 0.555. The number of benzene rings is 2. The molecule has 0 saturated carbocycles. The van der Waals surface area contributed by atoms with Gasteiger partial charge in [-0.3, -0.25) is 9.36 Å². The van der Waals surface area contributed by atoms with Gasteiger partial charge in [0.05, 0.1) is 5.52 Å². The summed E-state index contributed by atoms with van der Waals surface area (Å²) in [5.41, 5.74) is 2.75. The molecule has 0 aliphatic carbocycles. The van der Waals surface area contributed by atoms with Gasteiger partial charge in [-0.15, -0.1) is 0 Å². The minimum atomic E-state index is -0.434. The lowest BCUT2D eigenvalue weighted by molar-refractivity contribution is 0.0954. The molecule has 1 heterocycles. The fraction of sp³-hybridized carbons (Fsp3) is 0.176. The lowest BCUT2D eigenvalue weighted by Crippen LogP contribution is -2.25. The van der Waals surface area contributed by atoms with Crippen LogP contribution in [0, 0.1) is 0 Å². The second-order valence-corrected chi connectivity index (χ2v) is 5.10. The summed E-state index contributed by atoms with van der Waals surface area (Å²) in [5, 5.41) is 2.87. The van der Waals surface area contributed by atoms with Crippen molar-refractivity contribution in [1.82, 2.24) is 9.88 Å². The number of hydrogen-bond acceptors (Lipinski definition) is 3. The molecule has 0 aliphatic heterocycles. The van der Waals surface area contributed by atoms with E-state index in [0.29, 0.717) is 23.2 Å². The van der Waals surface area contributed by atoms with E-state index in [2.05, 4.69) is 5.32 Å². The van der Waals surface area contributed by atoms with Crippen molar-refractivity contribution in [3.05, 3.63) is 70.2 Å². The number of oxazole rings is 1. The van der Waals surface area contributed by atoms with E-state index >= 15 is 0 Å². The van der Waals surface area contributed by atoms with Crippen LogP contribution >= 0.6 is 0 Å². The molecule has 5 nitrogen and oxygen atoms in total. The Morgan fingerprint density at radius 2 is 1.95 bits per heavy atom. The third-order valence-corrected chi connectivity index (χ3v) is 3.60. The van der Waals surface area contributed by atoms with Crippen LogP contribution in [0.15, 0.2) is 57.7 Å². The highest BCUT2D eigenvalue weighted by molar-refractivity contribution is 5.97. The molecule has 0 spiro atoms. The molecule has 5 heteroatoms. The fourth-order valence-electron chi connectivity index (χ4n) is 2.34. The molecule has 112 valence electrons. The van der Waals surface area contributed by atoms with Gasteiger partial charge in [0, 0.05) is 19.2 Å². The summed E-state index contributed by atoms with van der Waals surface area (Å²) in [6.07, 6.45) is 0.773. The molecule has 1 aromatic heterocycles. The predicted molar refractivity (Wildman–Crippen MR) is 83.9 cm³/mol. The van der Waals surface area contributed by atoms with E-state index in [4.69, 9.17) is 4.42 Å². The molecular formula is C17H16N2O3. The number of nitrogens with one attached hydrogen (secondary N) is 1. The number of hydrogen-bond donors (Lipinski definition) is 1. The van der Waals surface area contributed by atoms with E-state index in [1.54, 1.807) is 25.2 Å². The Balaban J connectivity index is 1.68. The van der Waals surface area contributed by atoms with Crippen LogP contribution in [-0.4, -0.2) is 17.0 Å². The number of aryl methyl sites for hydroxylation is 1. The van der Waals surface area contributed by atoms with Gasteiger partial charge in [-0.1, -0.05) is 30.3 Å². The first kappa shape index (κ1) is 14.1. The Labute approximate surface area is 127 Å². The largest absolute Gasteiger partial charge is 0.419 e. The molecule has 0 unspecified atom stereocenters. The highest BCUT2D eigenvalue weighted by Crippen LogP contribution is 2.14. The smallest absolute Gasteiger partial charge is 0.408 e. The molecule has 0 bridgehead atoms. The van der Waals surface area contributed by atoms with Crippen LogP contribution in [0.1, 0.15) is 15.9 Å². The summed E-state index contributed by atoms with van der Waals surface area (Å²) in [5.74, 6) is -0.610. The Bertz CT molecular complexity index is 862. The van der Waals surface area contributed by atoms with Crippen LogP contribution in [0.2, 0.25) is 0 Å². The van der Waals surface area contributed by atoms with Gasteiger partial charge in [-0.05, 0) is 30.2 Å². The van der Waals surface area contributed by atoms with E-state index in [1.165, 1.54) is 10.1 Å². The summed E-state index contributed by atoms with van der Waals surface area (Å²) in [4.78, 5) is 23.6. The number of amides is 1. The molecule has 0 aliphatic rings. The topological polar surface area (TPSA) is 64.2 Å². The van der Waals surface area contributed by atoms with Gasteiger partial charge in [-0.2, -0.15) is 0 Å². The molecule has 1 N–H and O–H groups in total. The zero-order valence-electron chi connectivity index (χ0n) is 12.2. The van der Waals surface area contributed by atoms with Crippen LogP contribution in [0.3, 0.4) is 0 Å². The van der Waals surface area contributed by atoms with E-state index < -0.39 is 5.76 Å². The van der Waals surface area contributed by atoms with E-state index in [-0.39, 0.29) is 5.91 Å². The Kier molecular flexibility index (Phi) is 3.78. The van der Waals surface area contributed by atoms with E-state index in [9.17, 15) is 9.59 Å². The third kappa shape index (κ3) is 2.79. The molecule has 0 fully saturated rings. The van der Waals surface area contributed by atoms with Crippen molar-refractivity contribution in [3.63, 3.8) is 0 Å². The van der Waals surface area contributed by atoms with E-state index in [0.717, 1.165) is 6.42 Å². The standard InChI is InChI=1S/C17H16N2O3/c1-19-14-8-7-13(11-15(14)22-17(19)21)16(20)18-10-9-12-5-3-2-4-6-12/h2-8,11H,9-10H2,1H3,(H,18,20). The van der Waals surface area contributed by atoms with Gasteiger partial charge in [0.25, 0.3) is 5.91 Å². The highest BCUT2D eigenvalue weighted by atomic mass is 16.4. The zero-order valence-corrected chi connectivity index (χ0v) is 12.2. The Morgan fingerprint density at radius 3 is 2.73 bits per heavy atom. The van der Waals surface area contributed by atoms with Crippen molar-refractivity contribution in [1.29, 1.82) is 0 Å². The quantitative estimate of drug-likeness (QED) is 0.802. The second kappa shape index (κ2) is 5.89. The summed E-state index contributed by atoms with van der Waals surface area (Å²) < 4.78 is 6.50. The molecular weight excluding hydrogens is 280 g/mol. The van der Waals surface area contributed by atoms with Crippen molar-refractivity contribution in [2.75, 3.05) is 6.54 Å². The zero-order chi connectivity index (χ0) is 15.5. The first-order valence-corrected chi connectivity index (χ1v) is 7.07. The maximum Gasteiger partial charge on any atom is 0.419 e. The molecule has 1 amide bonds. The van der Waals surface area contributed by atoms with Crippen LogP contribution < -0.4 is 11.1 Å². The Morgan fingerprint density at radius 1 is 1.18 bits per heavy atom. The number of nitrogens with zero attached hydrogens (tertiary/aromatic N) is 1. The minimum absolute atomic E-state index is 0.177. The second-order valence-electron chi connectivity index (χ2n) is 5.10. The van der Waals surface area contributed by atoms with E-state index in [1.807, 2.05) is 30.3 Å². The molecule has 3 rings (SSSR count). The average molecular weight is 296 g/mol. The lowest BCUT2D eigenvalue weighted by Gasteiger charge is -2.05. The first-order chi connectivity index (χ1) is 10.6. The monoisotopic (exact) mass is 296 g/mol. The number of fused-ring (bicyclic) bond motifs is 1. The van der Waals surface area contributed by atoms with Gasteiger partial charge in [-0.25, -0.2) is 4.79 Å². The number of carbonyl (C=O) groups excluding carboxylic acids is 1. The third-order valence-electron chi connectivity index (χ3n) is 3.60. The predicted octanol–water partition coefficient (Wildman–Crippen LogP) is 2.10. The minimum Gasteiger partial charge on any atom is -0.408 e. The van der Waals surface area contributed by atoms with Gasteiger partial charge < -0.3 is 9.73 Å². The molecule has 0 atom stereocenters. The van der Waals surface area contributed by atoms with Crippen molar-refractivity contribution >= 4 is 17.0 Å². The normalized spacial score (nSPS) is 10.8. The number of carbonyl (C=O) groups is 1. The van der Waals surface area contributed by atoms with Gasteiger partial charge >= 0.3 is 5.76 Å². The van der Waals surface area contributed by atoms with Crippen LogP contribution in [-0.2, 0) is 13.5 Å². The summed E-state index contributed by atoms with van der Waals surface area (Å²) >= 11 is 0. The summed E-state index contributed by atoms with van der Waals surface area (Å²) in [7, 11) is 1.63.